The summed E-state index contributed by atoms with van der Waals surface area (Å²) in [5.74, 6) is 0.562. The van der Waals surface area contributed by atoms with E-state index in [1.54, 1.807) is 11.8 Å². The number of thioether (sulfide) groups is 1. The van der Waals surface area contributed by atoms with Gasteiger partial charge in [-0.05, 0) is 42.2 Å². The average molecular weight is 430 g/mol. The van der Waals surface area contributed by atoms with Crippen molar-refractivity contribution in [3.63, 3.8) is 0 Å². The number of hydrogen-bond donors (Lipinski definition) is 0. The van der Waals surface area contributed by atoms with E-state index in [9.17, 15) is 4.79 Å². The van der Waals surface area contributed by atoms with E-state index < -0.39 is 0 Å². The van der Waals surface area contributed by atoms with E-state index in [0.29, 0.717) is 15.3 Å². The van der Waals surface area contributed by atoms with E-state index in [2.05, 4.69) is 26.0 Å². The van der Waals surface area contributed by atoms with Gasteiger partial charge in [0.2, 0.25) is 4.96 Å². The minimum atomic E-state index is -0.134. The first-order valence-corrected chi connectivity index (χ1v) is 10.3. The molecule has 4 nitrogen and oxygen atoms in total. The number of thiazole rings is 1. The zero-order valence-electron chi connectivity index (χ0n) is 13.1. The van der Waals surface area contributed by atoms with E-state index in [0.717, 1.165) is 15.6 Å². The third kappa shape index (κ3) is 3.27. The topological polar surface area (TPSA) is 47.3 Å². The fraction of sp³-hybridized carbons (Fsp3) is 0.0556. The molecule has 25 heavy (non-hydrogen) atoms. The highest BCUT2D eigenvalue weighted by molar-refractivity contribution is 9.10. The highest BCUT2D eigenvalue weighted by atomic mass is 79.9. The van der Waals surface area contributed by atoms with Gasteiger partial charge in [-0.25, -0.2) is 0 Å². The lowest BCUT2D eigenvalue weighted by Gasteiger charge is -1.95. The summed E-state index contributed by atoms with van der Waals surface area (Å²) < 4.78 is 3.00. The first kappa shape index (κ1) is 16.5. The van der Waals surface area contributed by atoms with Crippen LogP contribution in [0.3, 0.4) is 0 Å². The molecule has 0 bridgehead atoms. The smallest absolute Gasteiger partial charge is 0.266 e. The number of benzene rings is 2. The van der Waals surface area contributed by atoms with Crippen molar-refractivity contribution in [2.45, 2.75) is 4.90 Å². The van der Waals surface area contributed by atoms with Crippen LogP contribution in [-0.4, -0.2) is 20.9 Å². The zero-order chi connectivity index (χ0) is 17.4. The van der Waals surface area contributed by atoms with Gasteiger partial charge in [0.15, 0.2) is 5.82 Å². The molecule has 2 aromatic carbocycles. The second-order valence-corrected chi connectivity index (χ2v) is 8.13. The zero-order valence-corrected chi connectivity index (χ0v) is 16.4. The second kappa shape index (κ2) is 6.74. The molecule has 0 aliphatic rings. The maximum atomic E-state index is 12.6. The van der Waals surface area contributed by atoms with E-state index in [1.165, 1.54) is 20.7 Å². The molecule has 0 aliphatic carbocycles. The number of aromatic nitrogens is 3. The van der Waals surface area contributed by atoms with E-state index >= 15 is 0 Å². The van der Waals surface area contributed by atoms with E-state index in [-0.39, 0.29) is 5.56 Å². The molecule has 0 N–H and O–H groups in total. The molecular formula is C18H12BrN3OS2. The fourth-order valence-corrected chi connectivity index (χ4v) is 3.99. The van der Waals surface area contributed by atoms with Gasteiger partial charge in [-0.2, -0.15) is 9.50 Å². The van der Waals surface area contributed by atoms with Gasteiger partial charge in [-0.1, -0.05) is 51.5 Å². The van der Waals surface area contributed by atoms with Crippen molar-refractivity contribution >= 4 is 50.1 Å². The normalized spacial score (nSPS) is 12.2. The Morgan fingerprint density at radius 2 is 1.84 bits per heavy atom. The van der Waals surface area contributed by atoms with Crippen LogP contribution in [0.1, 0.15) is 5.56 Å². The van der Waals surface area contributed by atoms with Crippen LogP contribution in [0.5, 0.6) is 0 Å². The minimum Gasteiger partial charge on any atom is -0.266 e. The van der Waals surface area contributed by atoms with Crippen LogP contribution in [0.4, 0.5) is 0 Å². The van der Waals surface area contributed by atoms with Crippen LogP contribution in [0.15, 0.2) is 62.7 Å². The van der Waals surface area contributed by atoms with Crippen LogP contribution < -0.4 is 10.1 Å². The van der Waals surface area contributed by atoms with Gasteiger partial charge in [0.05, 0.1) is 4.53 Å². The molecule has 4 aromatic rings. The van der Waals surface area contributed by atoms with Gasteiger partial charge in [-0.3, -0.25) is 4.79 Å². The monoisotopic (exact) mass is 429 g/mol. The van der Waals surface area contributed by atoms with Crippen molar-refractivity contribution in [2.24, 2.45) is 0 Å². The predicted molar refractivity (Wildman–Crippen MR) is 107 cm³/mol. The van der Waals surface area contributed by atoms with Crippen LogP contribution in [0.2, 0.25) is 0 Å². The summed E-state index contributed by atoms with van der Waals surface area (Å²) in [5, 5.41) is 4.37. The SMILES string of the molecule is CSc1ccc(C=c2sc3nc(-c4ccc(Br)cc4)nn3c2=O)cc1. The van der Waals surface area contributed by atoms with Crippen molar-refractivity contribution in [2.75, 3.05) is 6.26 Å². The Morgan fingerprint density at radius 3 is 2.48 bits per heavy atom. The molecule has 0 amide bonds. The van der Waals surface area contributed by atoms with Gasteiger partial charge < -0.3 is 0 Å². The summed E-state index contributed by atoms with van der Waals surface area (Å²) in [6.07, 6.45) is 3.92. The molecular weight excluding hydrogens is 418 g/mol. The molecule has 0 saturated carbocycles. The van der Waals surface area contributed by atoms with Gasteiger partial charge in [0.25, 0.3) is 5.56 Å². The first-order valence-electron chi connectivity index (χ1n) is 7.45. The van der Waals surface area contributed by atoms with E-state index in [1.807, 2.05) is 60.9 Å². The Hall–Kier alpha value is -1.96. The lowest BCUT2D eigenvalue weighted by atomic mass is 10.2. The first-order chi connectivity index (χ1) is 12.1. The summed E-state index contributed by atoms with van der Waals surface area (Å²) in [6, 6.07) is 15.8. The fourth-order valence-electron chi connectivity index (χ4n) is 2.41. The highest BCUT2D eigenvalue weighted by Crippen LogP contribution is 2.19. The van der Waals surface area contributed by atoms with E-state index in [4.69, 9.17) is 0 Å². The molecule has 0 spiro atoms. The molecule has 7 heteroatoms. The Kier molecular flexibility index (Phi) is 4.45. The molecule has 2 heterocycles. The van der Waals surface area contributed by atoms with Gasteiger partial charge in [0.1, 0.15) is 0 Å². The molecule has 0 radical (unpaired) electrons. The molecule has 0 aliphatic heterocycles. The minimum absolute atomic E-state index is 0.134. The second-order valence-electron chi connectivity index (χ2n) is 5.33. The molecule has 4 rings (SSSR count). The Balaban J connectivity index is 1.76. The molecule has 0 unspecified atom stereocenters. The van der Waals surface area contributed by atoms with Crippen molar-refractivity contribution in [1.29, 1.82) is 0 Å². The lowest BCUT2D eigenvalue weighted by Crippen LogP contribution is -2.23. The standard InChI is InChI=1S/C18H12BrN3OS2/c1-24-14-8-2-11(3-9-14)10-15-17(23)22-18(25-15)20-16(21-22)12-4-6-13(19)7-5-12/h2-10H,1H3. The average Bonchev–Trinajstić information content (AvgIpc) is 3.16. The number of halogens is 1. The van der Waals surface area contributed by atoms with Gasteiger partial charge >= 0.3 is 0 Å². The third-order valence-electron chi connectivity index (χ3n) is 3.70. The molecule has 2 aromatic heterocycles. The Bertz CT molecular complexity index is 1150. The van der Waals surface area contributed by atoms with Crippen LogP contribution >= 0.6 is 39.0 Å². The molecule has 0 atom stereocenters. The van der Waals surface area contributed by atoms with Crippen molar-refractivity contribution in [3.05, 3.63) is 73.5 Å². The largest absolute Gasteiger partial charge is 0.291 e. The molecule has 0 fully saturated rings. The van der Waals surface area contributed by atoms with Gasteiger partial charge in [-0.15, -0.1) is 16.9 Å². The summed E-state index contributed by atoms with van der Waals surface area (Å²) >= 11 is 6.45. The van der Waals surface area contributed by atoms with Crippen LogP contribution in [0.25, 0.3) is 22.4 Å². The number of nitrogens with zero attached hydrogens (tertiary/aromatic N) is 3. The number of fused-ring (bicyclic) bond motifs is 1. The molecule has 124 valence electrons. The number of rotatable bonds is 3. The highest BCUT2D eigenvalue weighted by Gasteiger charge is 2.11. The summed E-state index contributed by atoms with van der Waals surface area (Å²) in [4.78, 5) is 18.9. The van der Waals surface area contributed by atoms with Crippen LogP contribution in [-0.2, 0) is 0 Å². The number of hydrogen-bond acceptors (Lipinski definition) is 5. The summed E-state index contributed by atoms with van der Waals surface area (Å²) in [5.41, 5.74) is 1.74. The summed E-state index contributed by atoms with van der Waals surface area (Å²) in [7, 11) is 0. The van der Waals surface area contributed by atoms with Crippen molar-refractivity contribution in [1.82, 2.24) is 14.6 Å². The predicted octanol–water partition coefficient (Wildman–Crippen LogP) is 3.85. The Morgan fingerprint density at radius 1 is 1.12 bits per heavy atom. The van der Waals surface area contributed by atoms with Crippen molar-refractivity contribution < 1.29 is 0 Å². The van der Waals surface area contributed by atoms with Gasteiger partial charge in [0, 0.05) is 14.9 Å². The van der Waals surface area contributed by atoms with Crippen molar-refractivity contribution in [3.8, 4) is 11.4 Å². The quantitative estimate of drug-likeness (QED) is 0.464. The lowest BCUT2D eigenvalue weighted by molar-refractivity contribution is 0.937. The maximum absolute atomic E-state index is 12.6. The molecule has 0 saturated heterocycles. The van der Waals surface area contributed by atoms with Crippen LogP contribution in [0, 0.1) is 0 Å². The third-order valence-corrected chi connectivity index (χ3v) is 5.93. The summed E-state index contributed by atoms with van der Waals surface area (Å²) in [6.45, 7) is 0. The maximum Gasteiger partial charge on any atom is 0.291 e. The Labute approximate surface area is 160 Å².